The number of nitrogens with one attached hydrogen (secondary N) is 2. The predicted molar refractivity (Wildman–Crippen MR) is 104 cm³/mol. The van der Waals surface area contributed by atoms with Gasteiger partial charge in [-0.2, -0.15) is 0 Å². The van der Waals surface area contributed by atoms with E-state index in [1.54, 1.807) is 0 Å². The molecular weight excluding hydrogens is 342 g/mol. The highest BCUT2D eigenvalue weighted by molar-refractivity contribution is 5.99. The fourth-order valence-corrected chi connectivity index (χ4v) is 3.05. The smallest absolute Gasteiger partial charge is 0.263 e. The Balaban J connectivity index is 1.98. The first-order valence-corrected chi connectivity index (χ1v) is 9.13. The molecule has 0 aliphatic heterocycles. The van der Waals surface area contributed by atoms with E-state index in [2.05, 4.69) is 17.6 Å². The molecule has 1 fully saturated rings. The summed E-state index contributed by atoms with van der Waals surface area (Å²) < 4.78 is 1.43. The van der Waals surface area contributed by atoms with Crippen molar-refractivity contribution < 1.29 is 9.59 Å². The second-order valence-corrected chi connectivity index (χ2v) is 7.37. The molecule has 0 bridgehead atoms. The molecule has 142 valence electrons. The van der Waals surface area contributed by atoms with Gasteiger partial charge in [0.2, 0.25) is 0 Å². The SMILES string of the molecule is CNC(=O)c1cc(C(=O)N[C@H]2C[C@@H]2C)cn(Cc2ccc(C)c(C)c2)c1=O. The van der Waals surface area contributed by atoms with Crippen LogP contribution in [0.15, 0.2) is 35.3 Å². The van der Waals surface area contributed by atoms with E-state index < -0.39 is 11.5 Å². The first kappa shape index (κ1) is 18.9. The van der Waals surface area contributed by atoms with Crippen LogP contribution < -0.4 is 16.2 Å². The Bertz CT molecular complexity index is 962. The summed E-state index contributed by atoms with van der Waals surface area (Å²) in [5.41, 5.74) is 3.11. The summed E-state index contributed by atoms with van der Waals surface area (Å²) >= 11 is 0. The monoisotopic (exact) mass is 367 g/mol. The first-order chi connectivity index (χ1) is 12.8. The minimum Gasteiger partial charge on any atom is -0.355 e. The fourth-order valence-electron chi connectivity index (χ4n) is 3.05. The zero-order chi connectivity index (χ0) is 19.7. The molecule has 1 aromatic heterocycles. The second kappa shape index (κ2) is 7.39. The highest BCUT2D eigenvalue weighted by atomic mass is 16.2. The summed E-state index contributed by atoms with van der Waals surface area (Å²) in [6.45, 7) is 6.41. The number of carbonyl (C=O) groups is 2. The third kappa shape index (κ3) is 4.10. The topological polar surface area (TPSA) is 80.2 Å². The van der Waals surface area contributed by atoms with Crippen molar-refractivity contribution >= 4 is 11.8 Å². The lowest BCUT2D eigenvalue weighted by Crippen LogP contribution is -2.34. The summed E-state index contributed by atoms with van der Waals surface area (Å²) in [7, 11) is 1.47. The van der Waals surface area contributed by atoms with Crippen LogP contribution in [0.1, 0.15) is 50.8 Å². The number of pyridine rings is 1. The van der Waals surface area contributed by atoms with Crippen molar-refractivity contribution in [3.63, 3.8) is 0 Å². The molecule has 1 heterocycles. The highest BCUT2D eigenvalue weighted by Crippen LogP contribution is 2.29. The zero-order valence-corrected chi connectivity index (χ0v) is 16.1. The molecule has 2 N–H and O–H groups in total. The van der Waals surface area contributed by atoms with E-state index in [4.69, 9.17) is 0 Å². The van der Waals surface area contributed by atoms with E-state index in [1.165, 1.54) is 29.4 Å². The van der Waals surface area contributed by atoms with Crippen molar-refractivity contribution in [3.8, 4) is 0 Å². The summed E-state index contributed by atoms with van der Waals surface area (Å²) in [5, 5.41) is 5.42. The number of amides is 2. The van der Waals surface area contributed by atoms with Crippen LogP contribution in [0.3, 0.4) is 0 Å². The maximum absolute atomic E-state index is 12.8. The standard InChI is InChI=1S/C21H25N3O3/c1-12-5-6-15(7-13(12)2)10-24-11-16(19(25)23-18-8-14(18)3)9-17(21(24)27)20(26)22-4/h5-7,9,11,14,18H,8,10H2,1-4H3,(H,22,26)(H,23,25)/t14-,18-/m0/s1. The third-order valence-electron chi connectivity index (χ3n) is 5.17. The Morgan fingerprint density at radius 3 is 2.44 bits per heavy atom. The average Bonchev–Trinajstić information content (AvgIpc) is 3.33. The highest BCUT2D eigenvalue weighted by Gasteiger charge is 2.34. The van der Waals surface area contributed by atoms with Crippen LogP contribution in [-0.4, -0.2) is 29.5 Å². The molecule has 2 atom stereocenters. The van der Waals surface area contributed by atoms with Crippen molar-refractivity contribution in [1.29, 1.82) is 0 Å². The number of aryl methyl sites for hydroxylation is 2. The van der Waals surface area contributed by atoms with Crippen LogP contribution in [0.2, 0.25) is 0 Å². The number of benzene rings is 1. The Morgan fingerprint density at radius 2 is 1.85 bits per heavy atom. The average molecular weight is 367 g/mol. The molecule has 6 nitrogen and oxygen atoms in total. The number of carbonyl (C=O) groups excluding carboxylic acids is 2. The molecule has 1 aliphatic carbocycles. The summed E-state index contributed by atoms with van der Waals surface area (Å²) in [6.07, 6.45) is 2.49. The number of nitrogens with zero attached hydrogens (tertiary/aromatic N) is 1. The molecule has 0 radical (unpaired) electrons. The molecule has 1 aliphatic rings. The van der Waals surface area contributed by atoms with Gasteiger partial charge in [-0.05, 0) is 48.9 Å². The molecule has 1 aromatic carbocycles. The van der Waals surface area contributed by atoms with Gasteiger partial charge in [0.25, 0.3) is 17.4 Å². The summed E-state index contributed by atoms with van der Waals surface area (Å²) in [4.78, 5) is 37.5. The van der Waals surface area contributed by atoms with Gasteiger partial charge < -0.3 is 15.2 Å². The third-order valence-corrected chi connectivity index (χ3v) is 5.17. The van der Waals surface area contributed by atoms with Gasteiger partial charge in [0.05, 0.1) is 12.1 Å². The van der Waals surface area contributed by atoms with Gasteiger partial charge in [0.1, 0.15) is 5.56 Å². The van der Waals surface area contributed by atoms with E-state index in [0.717, 1.165) is 17.5 Å². The van der Waals surface area contributed by atoms with Gasteiger partial charge in [-0.3, -0.25) is 14.4 Å². The van der Waals surface area contributed by atoms with Crippen LogP contribution in [-0.2, 0) is 6.54 Å². The molecular formula is C21H25N3O3. The van der Waals surface area contributed by atoms with Gasteiger partial charge in [-0.15, -0.1) is 0 Å². The van der Waals surface area contributed by atoms with Crippen molar-refractivity contribution in [1.82, 2.24) is 15.2 Å². The normalized spacial score (nSPS) is 18.1. The molecule has 0 spiro atoms. The fraction of sp³-hybridized carbons (Fsp3) is 0.381. The largest absolute Gasteiger partial charge is 0.355 e. The Kier molecular flexibility index (Phi) is 5.17. The van der Waals surface area contributed by atoms with Gasteiger partial charge in [0.15, 0.2) is 0 Å². The van der Waals surface area contributed by atoms with Gasteiger partial charge >= 0.3 is 0 Å². The molecule has 1 saturated carbocycles. The van der Waals surface area contributed by atoms with Crippen molar-refractivity contribution in [2.24, 2.45) is 5.92 Å². The zero-order valence-electron chi connectivity index (χ0n) is 16.1. The molecule has 6 heteroatoms. The van der Waals surface area contributed by atoms with Crippen LogP contribution in [0.5, 0.6) is 0 Å². The summed E-state index contributed by atoms with van der Waals surface area (Å²) in [5.74, 6) is -0.291. The van der Waals surface area contributed by atoms with Crippen molar-refractivity contribution in [3.05, 3.63) is 68.6 Å². The number of aromatic nitrogens is 1. The van der Waals surface area contributed by atoms with Crippen molar-refractivity contribution in [2.45, 2.75) is 39.8 Å². The Morgan fingerprint density at radius 1 is 1.15 bits per heavy atom. The van der Waals surface area contributed by atoms with E-state index in [0.29, 0.717) is 18.0 Å². The predicted octanol–water partition coefficient (Wildman–Crippen LogP) is 2.01. The maximum atomic E-state index is 12.8. The minimum absolute atomic E-state index is 0.0298. The molecule has 2 aromatic rings. The molecule has 27 heavy (non-hydrogen) atoms. The van der Waals surface area contributed by atoms with E-state index in [9.17, 15) is 14.4 Å². The van der Waals surface area contributed by atoms with E-state index >= 15 is 0 Å². The molecule has 3 rings (SSSR count). The number of hydrogen-bond acceptors (Lipinski definition) is 3. The van der Waals surface area contributed by atoms with Crippen LogP contribution in [0.25, 0.3) is 0 Å². The van der Waals surface area contributed by atoms with E-state index in [1.807, 2.05) is 32.0 Å². The molecule has 0 unspecified atom stereocenters. The lowest BCUT2D eigenvalue weighted by molar-refractivity contribution is 0.0948. The lowest BCUT2D eigenvalue weighted by atomic mass is 10.1. The number of hydrogen-bond donors (Lipinski definition) is 2. The minimum atomic E-state index is -0.497. The lowest BCUT2D eigenvalue weighted by Gasteiger charge is -2.13. The maximum Gasteiger partial charge on any atom is 0.263 e. The van der Waals surface area contributed by atoms with Gasteiger partial charge in [-0.25, -0.2) is 0 Å². The number of rotatable bonds is 5. The van der Waals surface area contributed by atoms with Gasteiger partial charge in [0, 0.05) is 19.3 Å². The van der Waals surface area contributed by atoms with Crippen LogP contribution in [0.4, 0.5) is 0 Å². The van der Waals surface area contributed by atoms with E-state index in [-0.39, 0.29) is 17.5 Å². The molecule has 0 saturated heterocycles. The second-order valence-electron chi connectivity index (χ2n) is 7.37. The van der Waals surface area contributed by atoms with Crippen molar-refractivity contribution in [2.75, 3.05) is 7.05 Å². The van der Waals surface area contributed by atoms with Gasteiger partial charge in [-0.1, -0.05) is 25.1 Å². The quantitative estimate of drug-likeness (QED) is 0.848. The van der Waals surface area contributed by atoms with Crippen LogP contribution >= 0.6 is 0 Å². The Hall–Kier alpha value is -2.89. The molecule has 2 amide bonds. The van der Waals surface area contributed by atoms with Crippen LogP contribution in [0, 0.1) is 19.8 Å². The summed E-state index contributed by atoms with van der Waals surface area (Å²) in [6, 6.07) is 7.51. The first-order valence-electron chi connectivity index (χ1n) is 9.13. The Labute approximate surface area is 158 Å².